The second kappa shape index (κ2) is 15.0. The molecular weight excluding hydrogens is 646 g/mol. The van der Waals surface area contributed by atoms with Gasteiger partial charge in [0.2, 0.25) is 11.3 Å². The molecule has 0 aliphatic carbocycles. The largest absolute Gasteiger partial charge is 0.462 e. The molecule has 1 amide bonds. The second-order valence-corrected chi connectivity index (χ2v) is 19.8. The molecule has 252 valence electrons. The van der Waals surface area contributed by atoms with Crippen LogP contribution in [-0.2, 0) is 20.4 Å². The molecule has 2 aromatic carbocycles. The standard InChI is InChI=1S/C35H47Cl2FN2O5Si/c1-10-44-33(43)26-20-40(29(34(2,3)4)21-45-46(8,9)35(5,6)7)28-14-13-22(17-25(28)32(26)42)16-23-18-24(19-27(37)31(23)38)39-30(41)12-11-15-36/h13-14,17-20,29H,10-12,15-16,21H2,1-9H3,(H,39,41)/t29-/m1/s1. The average Bonchev–Trinajstić information content (AvgIpc) is 2.94. The lowest BCUT2D eigenvalue weighted by molar-refractivity contribution is -0.116. The first-order chi connectivity index (χ1) is 21.3. The summed E-state index contributed by atoms with van der Waals surface area (Å²) in [7, 11) is -2.14. The highest BCUT2D eigenvalue weighted by Crippen LogP contribution is 2.40. The maximum absolute atomic E-state index is 15.2. The molecule has 3 aromatic rings. The first-order valence-corrected chi connectivity index (χ1v) is 19.5. The zero-order valence-corrected chi connectivity index (χ0v) is 30.9. The minimum Gasteiger partial charge on any atom is -0.462 e. The maximum atomic E-state index is 15.2. The molecule has 3 rings (SSSR count). The Balaban J connectivity index is 2.16. The highest BCUT2D eigenvalue weighted by Gasteiger charge is 2.39. The molecule has 0 aliphatic rings. The number of benzene rings is 2. The molecule has 0 unspecified atom stereocenters. The number of amides is 1. The zero-order valence-electron chi connectivity index (χ0n) is 28.4. The van der Waals surface area contributed by atoms with Gasteiger partial charge in [-0.1, -0.05) is 59.2 Å². The van der Waals surface area contributed by atoms with Crippen molar-refractivity contribution in [1.82, 2.24) is 4.57 Å². The lowest BCUT2D eigenvalue weighted by atomic mass is 9.86. The second-order valence-electron chi connectivity index (χ2n) is 14.3. The summed E-state index contributed by atoms with van der Waals surface area (Å²) in [5, 5.41) is 2.91. The summed E-state index contributed by atoms with van der Waals surface area (Å²) in [4.78, 5) is 39.2. The van der Waals surface area contributed by atoms with Gasteiger partial charge in [0.25, 0.3) is 0 Å². The SMILES string of the molecule is CCOC(=O)c1cn([C@H](CO[Si](C)(C)C(C)(C)C)C(C)(C)C)c2ccc(Cc3cc(NC(=O)CCCCl)cc(Cl)c3F)cc2c1=O. The van der Waals surface area contributed by atoms with E-state index >= 15 is 4.39 Å². The fraction of sp³-hybridized carbons (Fsp3) is 0.514. The molecule has 0 fully saturated rings. The van der Waals surface area contributed by atoms with Crippen molar-refractivity contribution in [3.05, 3.63) is 74.3 Å². The van der Waals surface area contributed by atoms with Gasteiger partial charge in [0.15, 0.2) is 8.32 Å². The summed E-state index contributed by atoms with van der Waals surface area (Å²) in [6.07, 6.45) is 2.41. The van der Waals surface area contributed by atoms with E-state index in [1.165, 1.54) is 12.1 Å². The summed E-state index contributed by atoms with van der Waals surface area (Å²) in [5.74, 6) is -1.22. The predicted molar refractivity (Wildman–Crippen MR) is 189 cm³/mol. The quantitative estimate of drug-likeness (QED) is 0.116. The first-order valence-electron chi connectivity index (χ1n) is 15.6. The number of ether oxygens (including phenoxy) is 1. The Morgan fingerprint density at radius 1 is 1.09 bits per heavy atom. The topological polar surface area (TPSA) is 86.6 Å². The minimum atomic E-state index is -2.14. The number of carbonyl (C=O) groups is 2. The normalized spacial score (nSPS) is 13.1. The van der Waals surface area contributed by atoms with E-state index in [1.54, 1.807) is 19.2 Å². The molecule has 0 radical (unpaired) electrons. The van der Waals surface area contributed by atoms with Gasteiger partial charge in [0, 0.05) is 36.0 Å². The maximum Gasteiger partial charge on any atom is 0.343 e. The van der Waals surface area contributed by atoms with Crippen LogP contribution in [0.15, 0.2) is 41.3 Å². The molecule has 1 heterocycles. The molecular formula is C35H47Cl2FN2O5Si. The van der Waals surface area contributed by atoms with Gasteiger partial charge in [-0.15, -0.1) is 11.6 Å². The number of hydrogen-bond acceptors (Lipinski definition) is 5. The van der Waals surface area contributed by atoms with E-state index in [0.717, 1.165) is 0 Å². The van der Waals surface area contributed by atoms with Gasteiger partial charge in [-0.05, 0) is 72.3 Å². The molecule has 0 spiro atoms. The molecule has 7 nitrogen and oxygen atoms in total. The van der Waals surface area contributed by atoms with Crippen molar-refractivity contribution in [2.24, 2.45) is 5.41 Å². The molecule has 0 saturated carbocycles. The van der Waals surface area contributed by atoms with E-state index in [4.69, 9.17) is 32.4 Å². The number of carbonyl (C=O) groups excluding carboxylic acids is 2. The van der Waals surface area contributed by atoms with Gasteiger partial charge >= 0.3 is 5.97 Å². The number of nitrogens with zero attached hydrogens (tertiary/aromatic N) is 1. The van der Waals surface area contributed by atoms with E-state index in [1.807, 2.05) is 16.7 Å². The monoisotopic (exact) mass is 692 g/mol. The molecule has 11 heteroatoms. The number of halogens is 3. The minimum absolute atomic E-state index is 0.00545. The number of pyridine rings is 1. The highest BCUT2D eigenvalue weighted by atomic mass is 35.5. The van der Waals surface area contributed by atoms with Crippen LogP contribution in [0.4, 0.5) is 10.1 Å². The Labute approximate surface area is 282 Å². The van der Waals surface area contributed by atoms with Crippen LogP contribution in [0.1, 0.15) is 88.8 Å². The van der Waals surface area contributed by atoms with E-state index in [9.17, 15) is 14.4 Å². The molecule has 1 atom stereocenters. The fourth-order valence-corrected chi connectivity index (χ4v) is 6.27. The van der Waals surface area contributed by atoms with Crippen LogP contribution in [0.3, 0.4) is 0 Å². The third kappa shape index (κ3) is 9.00. The van der Waals surface area contributed by atoms with Crippen LogP contribution < -0.4 is 10.7 Å². The van der Waals surface area contributed by atoms with Gasteiger partial charge < -0.3 is 19.0 Å². The number of hydrogen-bond donors (Lipinski definition) is 1. The summed E-state index contributed by atoms with van der Waals surface area (Å²) in [6.45, 7) is 19.4. The number of fused-ring (bicyclic) bond motifs is 1. The van der Waals surface area contributed by atoms with Gasteiger partial charge in [-0.2, -0.15) is 0 Å². The van der Waals surface area contributed by atoms with Crippen LogP contribution in [0.25, 0.3) is 10.9 Å². The van der Waals surface area contributed by atoms with Crippen LogP contribution in [0, 0.1) is 11.2 Å². The lowest BCUT2D eigenvalue weighted by Crippen LogP contribution is -2.43. The van der Waals surface area contributed by atoms with Gasteiger partial charge in [-0.3, -0.25) is 9.59 Å². The molecule has 46 heavy (non-hydrogen) atoms. The van der Waals surface area contributed by atoms with Crippen molar-refractivity contribution in [2.45, 2.75) is 91.9 Å². The highest BCUT2D eigenvalue weighted by molar-refractivity contribution is 6.74. The fourth-order valence-electron chi connectivity index (χ4n) is 4.89. The summed E-state index contributed by atoms with van der Waals surface area (Å²) >= 11 is 11.9. The number of esters is 1. The summed E-state index contributed by atoms with van der Waals surface area (Å²) in [6, 6.07) is 8.00. The number of anilines is 1. The number of aromatic nitrogens is 1. The van der Waals surface area contributed by atoms with Crippen molar-refractivity contribution in [2.75, 3.05) is 24.4 Å². The van der Waals surface area contributed by atoms with Crippen molar-refractivity contribution in [3.8, 4) is 0 Å². The van der Waals surface area contributed by atoms with Crippen LogP contribution in [0.2, 0.25) is 23.2 Å². The predicted octanol–water partition coefficient (Wildman–Crippen LogP) is 9.13. The number of nitrogens with one attached hydrogen (secondary N) is 1. The lowest BCUT2D eigenvalue weighted by Gasteiger charge is -2.40. The van der Waals surface area contributed by atoms with Crippen LogP contribution in [0.5, 0.6) is 0 Å². The summed E-state index contributed by atoms with van der Waals surface area (Å²) < 4.78 is 29.1. The molecule has 0 aliphatic heterocycles. The van der Waals surface area contributed by atoms with E-state index in [-0.39, 0.29) is 58.0 Å². The Kier molecular flexibility index (Phi) is 12.3. The Hall–Kier alpha value is -2.72. The molecule has 0 bridgehead atoms. The third-order valence-electron chi connectivity index (χ3n) is 8.65. The number of rotatable bonds is 12. The van der Waals surface area contributed by atoms with Crippen LogP contribution in [-0.4, -0.2) is 43.9 Å². The summed E-state index contributed by atoms with van der Waals surface area (Å²) in [5.41, 5.74) is 0.998. The van der Waals surface area contributed by atoms with Crippen molar-refractivity contribution in [1.29, 1.82) is 0 Å². The first kappa shape index (κ1) is 37.7. The van der Waals surface area contributed by atoms with Gasteiger partial charge in [0.1, 0.15) is 11.4 Å². The van der Waals surface area contributed by atoms with Crippen LogP contribution >= 0.6 is 23.2 Å². The number of alkyl halides is 1. The van der Waals surface area contributed by atoms with E-state index < -0.39 is 25.5 Å². The molecule has 1 aromatic heterocycles. The third-order valence-corrected chi connectivity index (χ3v) is 13.7. The van der Waals surface area contributed by atoms with Gasteiger partial charge in [-0.25, -0.2) is 9.18 Å². The van der Waals surface area contributed by atoms with Crippen molar-refractivity contribution in [3.63, 3.8) is 0 Å². The van der Waals surface area contributed by atoms with E-state index in [2.05, 4.69) is 60.0 Å². The Morgan fingerprint density at radius 2 is 1.76 bits per heavy atom. The molecule has 1 N–H and O–H groups in total. The average molecular weight is 694 g/mol. The Morgan fingerprint density at radius 3 is 2.35 bits per heavy atom. The van der Waals surface area contributed by atoms with E-state index in [0.29, 0.717) is 41.1 Å². The smallest absolute Gasteiger partial charge is 0.343 e. The Bertz CT molecular complexity index is 1640. The van der Waals surface area contributed by atoms with Gasteiger partial charge in [0.05, 0.1) is 29.8 Å². The zero-order chi connectivity index (χ0) is 34.6. The van der Waals surface area contributed by atoms with Crippen molar-refractivity contribution < 1.29 is 23.1 Å². The van der Waals surface area contributed by atoms with Crippen molar-refractivity contribution >= 4 is 60.0 Å². The molecule has 0 saturated heterocycles.